The van der Waals surface area contributed by atoms with Crippen molar-refractivity contribution in [2.75, 3.05) is 0 Å². The molecule has 0 aliphatic carbocycles. The molecule has 0 saturated carbocycles. The van der Waals surface area contributed by atoms with Gasteiger partial charge in [0.1, 0.15) is 5.75 Å². The second-order valence-corrected chi connectivity index (χ2v) is 6.51. The van der Waals surface area contributed by atoms with E-state index < -0.39 is 5.97 Å². The van der Waals surface area contributed by atoms with E-state index in [2.05, 4.69) is 26.0 Å². The van der Waals surface area contributed by atoms with Gasteiger partial charge in [0, 0.05) is 0 Å². The van der Waals surface area contributed by atoms with Gasteiger partial charge in [0.2, 0.25) is 0 Å². The Morgan fingerprint density at radius 2 is 1.71 bits per heavy atom. The Morgan fingerprint density at radius 3 is 2.33 bits per heavy atom. The molecule has 0 unspecified atom stereocenters. The van der Waals surface area contributed by atoms with Gasteiger partial charge in [-0.05, 0) is 61.4 Å². The van der Waals surface area contributed by atoms with Gasteiger partial charge in [-0.15, -0.1) is 0 Å². The number of hydrogen-bond donors (Lipinski definition) is 1. The summed E-state index contributed by atoms with van der Waals surface area (Å²) >= 11 is 0. The molecule has 0 heterocycles. The highest BCUT2D eigenvalue weighted by Gasteiger charge is 2.12. The summed E-state index contributed by atoms with van der Waals surface area (Å²) in [6, 6.07) is 15.7. The maximum atomic E-state index is 11.4. The quantitative estimate of drug-likeness (QED) is 0.744. The van der Waals surface area contributed by atoms with Crippen LogP contribution >= 0.6 is 0 Å². The molecule has 2 rings (SSSR count). The summed E-state index contributed by atoms with van der Waals surface area (Å²) in [4.78, 5) is 11.4. The van der Waals surface area contributed by atoms with Crippen molar-refractivity contribution < 1.29 is 14.6 Å². The van der Waals surface area contributed by atoms with Gasteiger partial charge in [-0.3, -0.25) is 0 Å². The van der Waals surface area contributed by atoms with E-state index in [1.807, 2.05) is 31.2 Å². The molecule has 0 saturated heterocycles. The average Bonchev–Trinajstić information content (AvgIpc) is 2.55. The Morgan fingerprint density at radius 1 is 1.04 bits per heavy atom. The van der Waals surface area contributed by atoms with E-state index in [-0.39, 0.29) is 11.7 Å². The molecule has 0 aromatic heterocycles. The number of carboxylic acid groups (broad SMARTS) is 1. The molecule has 2 aromatic rings. The van der Waals surface area contributed by atoms with Crippen LogP contribution in [0, 0.1) is 5.92 Å². The van der Waals surface area contributed by atoms with Crippen LogP contribution in [0.3, 0.4) is 0 Å². The Kier molecular flexibility index (Phi) is 6.42. The number of carboxylic acids is 1. The van der Waals surface area contributed by atoms with Crippen molar-refractivity contribution in [3.05, 3.63) is 65.2 Å². The molecular formula is C21H26O3. The zero-order valence-electron chi connectivity index (χ0n) is 14.7. The third kappa shape index (κ3) is 5.41. The molecule has 0 aliphatic heterocycles. The Labute approximate surface area is 144 Å². The molecule has 0 bridgehead atoms. The zero-order valence-corrected chi connectivity index (χ0v) is 14.7. The topological polar surface area (TPSA) is 46.5 Å². The van der Waals surface area contributed by atoms with E-state index in [0.717, 1.165) is 24.8 Å². The van der Waals surface area contributed by atoms with Crippen molar-refractivity contribution >= 4 is 5.97 Å². The normalized spacial score (nSPS) is 13.3. The molecule has 0 aliphatic rings. The highest BCUT2D eigenvalue weighted by Crippen LogP contribution is 2.23. The maximum absolute atomic E-state index is 11.4. The number of carbonyl (C=O) groups is 1. The van der Waals surface area contributed by atoms with Crippen LogP contribution in [-0.4, -0.2) is 17.2 Å². The predicted molar refractivity (Wildman–Crippen MR) is 96.8 cm³/mol. The van der Waals surface area contributed by atoms with E-state index in [0.29, 0.717) is 11.7 Å². The van der Waals surface area contributed by atoms with Gasteiger partial charge < -0.3 is 9.84 Å². The average molecular weight is 326 g/mol. The first kappa shape index (κ1) is 18.1. The van der Waals surface area contributed by atoms with Crippen molar-refractivity contribution in [2.24, 2.45) is 5.92 Å². The van der Waals surface area contributed by atoms with E-state index in [9.17, 15) is 9.90 Å². The SMILES string of the molecule is CC[C@H](C)Oc1cc(C[C@@H](C)Cc2ccccc2)cc(C(=O)O)c1. The van der Waals surface area contributed by atoms with E-state index >= 15 is 0 Å². The molecular weight excluding hydrogens is 300 g/mol. The summed E-state index contributed by atoms with van der Waals surface area (Å²) in [5.74, 6) is 0.153. The minimum absolute atomic E-state index is 0.0728. The number of aromatic carboxylic acids is 1. The first-order valence-corrected chi connectivity index (χ1v) is 8.55. The third-order valence-electron chi connectivity index (χ3n) is 4.14. The van der Waals surface area contributed by atoms with E-state index in [1.165, 1.54) is 5.56 Å². The standard InChI is InChI=1S/C21H26O3/c1-4-16(3)24-20-13-18(12-19(14-20)21(22)23)11-15(2)10-17-8-6-5-7-9-17/h5-9,12-16H,4,10-11H2,1-3H3,(H,22,23)/t15-,16-/m0/s1. The van der Waals surface area contributed by atoms with Crippen LogP contribution in [0.2, 0.25) is 0 Å². The molecule has 2 aromatic carbocycles. The van der Waals surface area contributed by atoms with Crippen LogP contribution in [0.1, 0.15) is 48.7 Å². The van der Waals surface area contributed by atoms with E-state index in [4.69, 9.17) is 4.74 Å². The third-order valence-corrected chi connectivity index (χ3v) is 4.14. The molecule has 0 amide bonds. The second kappa shape index (κ2) is 8.53. The Hall–Kier alpha value is -2.29. The fraction of sp³-hybridized carbons (Fsp3) is 0.381. The maximum Gasteiger partial charge on any atom is 0.335 e. The van der Waals surface area contributed by atoms with Crippen molar-refractivity contribution in [1.29, 1.82) is 0 Å². The molecule has 0 spiro atoms. The zero-order chi connectivity index (χ0) is 17.5. The lowest BCUT2D eigenvalue weighted by atomic mass is 9.93. The monoisotopic (exact) mass is 326 g/mol. The molecule has 3 heteroatoms. The second-order valence-electron chi connectivity index (χ2n) is 6.51. The molecule has 24 heavy (non-hydrogen) atoms. The van der Waals surface area contributed by atoms with Gasteiger partial charge in [-0.2, -0.15) is 0 Å². The lowest BCUT2D eigenvalue weighted by Crippen LogP contribution is -2.11. The molecule has 3 nitrogen and oxygen atoms in total. The van der Waals surface area contributed by atoms with Gasteiger partial charge in [0.25, 0.3) is 0 Å². The summed E-state index contributed by atoms with van der Waals surface area (Å²) in [6.45, 7) is 6.23. The van der Waals surface area contributed by atoms with Gasteiger partial charge in [-0.25, -0.2) is 4.79 Å². The smallest absolute Gasteiger partial charge is 0.335 e. The Balaban J connectivity index is 2.14. The van der Waals surface area contributed by atoms with Gasteiger partial charge in [-0.1, -0.05) is 44.2 Å². The first-order chi connectivity index (χ1) is 11.5. The first-order valence-electron chi connectivity index (χ1n) is 8.55. The predicted octanol–water partition coefficient (Wildman–Crippen LogP) is 4.98. The molecule has 128 valence electrons. The van der Waals surface area contributed by atoms with E-state index in [1.54, 1.807) is 12.1 Å². The minimum Gasteiger partial charge on any atom is -0.491 e. The van der Waals surface area contributed by atoms with Crippen LogP contribution in [0.25, 0.3) is 0 Å². The summed E-state index contributed by atoms with van der Waals surface area (Å²) in [6.07, 6.45) is 2.76. The van der Waals surface area contributed by atoms with Crippen molar-refractivity contribution in [1.82, 2.24) is 0 Å². The summed E-state index contributed by atoms with van der Waals surface area (Å²) in [5.41, 5.74) is 2.60. The van der Waals surface area contributed by atoms with Crippen molar-refractivity contribution in [3.63, 3.8) is 0 Å². The lowest BCUT2D eigenvalue weighted by molar-refractivity contribution is 0.0696. The van der Waals surface area contributed by atoms with Crippen LogP contribution in [0.15, 0.2) is 48.5 Å². The number of rotatable bonds is 8. The molecule has 0 radical (unpaired) electrons. The summed E-state index contributed by atoms with van der Waals surface area (Å²) in [5, 5.41) is 9.34. The summed E-state index contributed by atoms with van der Waals surface area (Å²) < 4.78 is 5.83. The molecule has 2 atom stereocenters. The number of benzene rings is 2. The Bertz CT molecular complexity index is 664. The van der Waals surface area contributed by atoms with Crippen LogP contribution in [-0.2, 0) is 12.8 Å². The largest absolute Gasteiger partial charge is 0.491 e. The molecule has 0 fully saturated rings. The fourth-order valence-electron chi connectivity index (χ4n) is 2.78. The fourth-order valence-corrected chi connectivity index (χ4v) is 2.78. The molecule has 1 N–H and O–H groups in total. The van der Waals surface area contributed by atoms with Crippen LogP contribution in [0.4, 0.5) is 0 Å². The number of hydrogen-bond acceptors (Lipinski definition) is 2. The van der Waals surface area contributed by atoms with Gasteiger partial charge >= 0.3 is 5.97 Å². The lowest BCUT2D eigenvalue weighted by Gasteiger charge is -2.16. The highest BCUT2D eigenvalue weighted by atomic mass is 16.5. The number of ether oxygens (including phenoxy) is 1. The summed E-state index contributed by atoms with van der Waals surface area (Å²) in [7, 11) is 0. The van der Waals surface area contributed by atoms with Crippen molar-refractivity contribution in [2.45, 2.75) is 46.1 Å². The van der Waals surface area contributed by atoms with Crippen LogP contribution in [0.5, 0.6) is 5.75 Å². The van der Waals surface area contributed by atoms with Gasteiger partial charge in [0.15, 0.2) is 0 Å². The highest BCUT2D eigenvalue weighted by molar-refractivity contribution is 5.88. The van der Waals surface area contributed by atoms with Crippen LogP contribution < -0.4 is 4.74 Å². The minimum atomic E-state index is -0.915. The van der Waals surface area contributed by atoms with Gasteiger partial charge in [0.05, 0.1) is 11.7 Å². The van der Waals surface area contributed by atoms with Crippen molar-refractivity contribution in [3.8, 4) is 5.75 Å².